The van der Waals surface area contributed by atoms with Crippen molar-refractivity contribution in [1.29, 1.82) is 0 Å². The number of carbonyl (C=O) groups excluding carboxylic acids is 1. The second-order valence-electron chi connectivity index (χ2n) is 4.07. The lowest BCUT2D eigenvalue weighted by Crippen LogP contribution is -2.37. The van der Waals surface area contributed by atoms with Gasteiger partial charge in [-0.3, -0.25) is 4.79 Å². The molecule has 1 saturated carbocycles. The van der Waals surface area contributed by atoms with E-state index >= 15 is 0 Å². The van der Waals surface area contributed by atoms with Gasteiger partial charge in [0.05, 0.1) is 6.10 Å². The maximum absolute atomic E-state index is 11.4. The summed E-state index contributed by atoms with van der Waals surface area (Å²) >= 11 is 0. The van der Waals surface area contributed by atoms with E-state index in [1.165, 1.54) is 0 Å². The molecule has 0 aromatic heterocycles. The number of likely N-dealkylation sites (N-methyl/N-ethyl adjacent to an activating group) is 1. The number of nitrogens with one attached hydrogen (secondary N) is 2. The molecular formula is C11H22N2O2. The zero-order valence-corrected chi connectivity index (χ0v) is 9.71. The third-order valence-electron chi connectivity index (χ3n) is 2.77. The number of carbonyl (C=O) groups is 1. The van der Waals surface area contributed by atoms with Gasteiger partial charge in [-0.25, -0.2) is 0 Å². The molecule has 1 amide bonds. The zero-order chi connectivity index (χ0) is 11.1. The topological polar surface area (TPSA) is 50.4 Å². The molecule has 1 rings (SSSR count). The molecule has 1 aliphatic carbocycles. The van der Waals surface area contributed by atoms with E-state index in [4.69, 9.17) is 4.74 Å². The van der Waals surface area contributed by atoms with Crippen LogP contribution >= 0.6 is 0 Å². The highest BCUT2D eigenvalue weighted by atomic mass is 16.5. The first-order valence-electron chi connectivity index (χ1n) is 5.79. The van der Waals surface area contributed by atoms with Crippen LogP contribution in [0.3, 0.4) is 0 Å². The lowest BCUT2D eigenvalue weighted by Gasteiger charge is -2.34. The van der Waals surface area contributed by atoms with E-state index in [0.29, 0.717) is 18.4 Å². The number of hydrogen-bond donors (Lipinski definition) is 2. The van der Waals surface area contributed by atoms with E-state index in [1.54, 1.807) is 0 Å². The molecule has 0 unspecified atom stereocenters. The number of hydrogen-bond acceptors (Lipinski definition) is 3. The lowest BCUT2D eigenvalue weighted by molar-refractivity contribution is -0.124. The molecule has 0 bridgehead atoms. The predicted octanol–water partition coefficient (Wildman–Crippen LogP) is 0.527. The summed E-state index contributed by atoms with van der Waals surface area (Å²) in [5.41, 5.74) is 0. The van der Waals surface area contributed by atoms with Gasteiger partial charge in [-0.1, -0.05) is 0 Å². The smallest absolute Gasteiger partial charge is 0.220 e. The molecule has 2 N–H and O–H groups in total. The molecule has 1 aliphatic rings. The first-order chi connectivity index (χ1) is 7.26. The molecule has 0 atom stereocenters. The third-order valence-corrected chi connectivity index (χ3v) is 2.77. The number of ether oxygens (including phenoxy) is 1. The Morgan fingerprint density at radius 3 is 2.73 bits per heavy atom. The minimum Gasteiger partial charge on any atom is -0.378 e. The molecule has 4 heteroatoms. The molecular weight excluding hydrogens is 192 g/mol. The molecule has 0 heterocycles. The van der Waals surface area contributed by atoms with Crippen molar-refractivity contribution in [3.8, 4) is 0 Å². The second kappa shape index (κ2) is 6.80. The number of amides is 1. The Balaban J connectivity index is 1.98. The lowest BCUT2D eigenvalue weighted by atomic mass is 9.80. The van der Waals surface area contributed by atoms with Crippen LogP contribution in [0.25, 0.3) is 0 Å². The minimum absolute atomic E-state index is 0.171. The quantitative estimate of drug-likeness (QED) is 0.608. The molecule has 0 aromatic carbocycles. The second-order valence-corrected chi connectivity index (χ2v) is 4.07. The summed E-state index contributed by atoms with van der Waals surface area (Å²) in [5, 5.41) is 5.88. The van der Waals surface area contributed by atoms with E-state index < -0.39 is 0 Å². The van der Waals surface area contributed by atoms with Crippen LogP contribution in [0.1, 0.15) is 26.2 Å². The predicted molar refractivity (Wildman–Crippen MR) is 59.7 cm³/mol. The van der Waals surface area contributed by atoms with E-state index in [2.05, 4.69) is 10.6 Å². The normalized spacial score (nSPS) is 24.7. The van der Waals surface area contributed by atoms with Crippen LogP contribution in [0.15, 0.2) is 0 Å². The van der Waals surface area contributed by atoms with Crippen molar-refractivity contribution in [3.63, 3.8) is 0 Å². The number of rotatable bonds is 7. The molecule has 0 spiro atoms. The Bertz CT molecular complexity index is 191. The Morgan fingerprint density at radius 1 is 1.40 bits per heavy atom. The van der Waals surface area contributed by atoms with Gasteiger partial charge >= 0.3 is 0 Å². The fourth-order valence-corrected chi connectivity index (χ4v) is 1.87. The van der Waals surface area contributed by atoms with Gasteiger partial charge in [-0.15, -0.1) is 0 Å². The summed E-state index contributed by atoms with van der Waals surface area (Å²) in [5.74, 6) is 0.710. The first kappa shape index (κ1) is 12.5. The SMILES string of the molecule is CCOC1CC(CC(=O)NCCNC)C1. The average molecular weight is 214 g/mol. The summed E-state index contributed by atoms with van der Waals surface area (Å²) in [7, 11) is 1.88. The third kappa shape index (κ3) is 4.62. The van der Waals surface area contributed by atoms with Crippen LogP contribution in [0.5, 0.6) is 0 Å². The van der Waals surface area contributed by atoms with Gasteiger partial charge in [-0.05, 0) is 32.7 Å². The van der Waals surface area contributed by atoms with Crippen LogP contribution in [-0.2, 0) is 9.53 Å². The average Bonchev–Trinajstić information content (AvgIpc) is 2.15. The summed E-state index contributed by atoms with van der Waals surface area (Å²) in [4.78, 5) is 11.4. The summed E-state index contributed by atoms with van der Waals surface area (Å²) in [6, 6.07) is 0. The zero-order valence-electron chi connectivity index (χ0n) is 9.71. The van der Waals surface area contributed by atoms with Crippen LogP contribution in [-0.4, -0.2) is 38.8 Å². The van der Waals surface area contributed by atoms with Gasteiger partial charge in [0.15, 0.2) is 0 Å². The molecule has 15 heavy (non-hydrogen) atoms. The fraction of sp³-hybridized carbons (Fsp3) is 0.909. The van der Waals surface area contributed by atoms with Gasteiger partial charge < -0.3 is 15.4 Å². The monoisotopic (exact) mass is 214 g/mol. The highest BCUT2D eigenvalue weighted by Crippen LogP contribution is 2.32. The Labute approximate surface area is 91.8 Å². The fourth-order valence-electron chi connectivity index (χ4n) is 1.87. The van der Waals surface area contributed by atoms with Crippen molar-refractivity contribution in [3.05, 3.63) is 0 Å². The minimum atomic E-state index is 0.171. The van der Waals surface area contributed by atoms with Crippen LogP contribution in [0, 0.1) is 5.92 Å². The van der Waals surface area contributed by atoms with Crippen LogP contribution in [0.4, 0.5) is 0 Å². The van der Waals surface area contributed by atoms with E-state index in [-0.39, 0.29) is 5.91 Å². The van der Waals surface area contributed by atoms with Crippen molar-refractivity contribution in [2.45, 2.75) is 32.3 Å². The summed E-state index contributed by atoms with van der Waals surface area (Å²) < 4.78 is 5.45. The van der Waals surface area contributed by atoms with Gasteiger partial charge in [0.2, 0.25) is 5.91 Å². The molecule has 0 saturated heterocycles. The first-order valence-corrected chi connectivity index (χ1v) is 5.79. The van der Waals surface area contributed by atoms with Crippen molar-refractivity contribution >= 4 is 5.91 Å². The molecule has 4 nitrogen and oxygen atoms in total. The van der Waals surface area contributed by atoms with Crippen molar-refractivity contribution in [2.75, 3.05) is 26.7 Å². The Kier molecular flexibility index (Phi) is 5.65. The highest BCUT2D eigenvalue weighted by molar-refractivity contribution is 5.76. The van der Waals surface area contributed by atoms with Crippen LogP contribution < -0.4 is 10.6 Å². The van der Waals surface area contributed by atoms with E-state index in [9.17, 15) is 4.79 Å². The molecule has 0 aliphatic heterocycles. The van der Waals surface area contributed by atoms with Gasteiger partial charge in [0.25, 0.3) is 0 Å². The van der Waals surface area contributed by atoms with E-state index in [1.807, 2.05) is 14.0 Å². The van der Waals surface area contributed by atoms with Gasteiger partial charge in [0.1, 0.15) is 0 Å². The highest BCUT2D eigenvalue weighted by Gasteiger charge is 2.30. The Hall–Kier alpha value is -0.610. The van der Waals surface area contributed by atoms with Gasteiger partial charge in [-0.2, -0.15) is 0 Å². The molecule has 0 radical (unpaired) electrons. The largest absolute Gasteiger partial charge is 0.378 e. The van der Waals surface area contributed by atoms with Crippen molar-refractivity contribution < 1.29 is 9.53 Å². The Morgan fingerprint density at radius 2 is 2.13 bits per heavy atom. The maximum Gasteiger partial charge on any atom is 0.220 e. The maximum atomic E-state index is 11.4. The molecule has 1 fully saturated rings. The molecule has 88 valence electrons. The van der Waals surface area contributed by atoms with Crippen molar-refractivity contribution in [2.24, 2.45) is 5.92 Å². The summed E-state index contributed by atoms with van der Waals surface area (Å²) in [6.45, 7) is 4.35. The van der Waals surface area contributed by atoms with Crippen molar-refractivity contribution in [1.82, 2.24) is 10.6 Å². The standard InChI is InChI=1S/C11H22N2O2/c1-3-15-10-6-9(7-10)8-11(14)13-5-4-12-2/h9-10,12H,3-8H2,1-2H3,(H,13,14). The summed E-state index contributed by atoms with van der Waals surface area (Å²) in [6.07, 6.45) is 3.17. The van der Waals surface area contributed by atoms with E-state index in [0.717, 1.165) is 32.5 Å². The van der Waals surface area contributed by atoms with Crippen LogP contribution in [0.2, 0.25) is 0 Å². The molecule has 0 aromatic rings. The van der Waals surface area contributed by atoms with Gasteiger partial charge in [0, 0.05) is 26.1 Å².